The zero-order chi connectivity index (χ0) is 19.4. The van der Waals surface area contributed by atoms with E-state index in [0.29, 0.717) is 22.0 Å². The van der Waals surface area contributed by atoms with Gasteiger partial charge in [-0.1, -0.05) is 23.9 Å². The van der Waals surface area contributed by atoms with Gasteiger partial charge in [0.25, 0.3) is 11.8 Å². The number of methoxy groups -OCH3 is 2. The van der Waals surface area contributed by atoms with Crippen molar-refractivity contribution in [2.75, 3.05) is 14.2 Å². The lowest BCUT2D eigenvalue weighted by Crippen LogP contribution is -2.44. The molecule has 1 aliphatic rings. The number of ether oxygens (including phenoxy) is 2. The first-order valence-electron chi connectivity index (χ1n) is 7.89. The van der Waals surface area contributed by atoms with Crippen molar-refractivity contribution in [1.29, 1.82) is 0 Å². The molecule has 1 aliphatic heterocycles. The van der Waals surface area contributed by atoms with Crippen molar-refractivity contribution in [3.63, 3.8) is 0 Å². The molecule has 1 saturated heterocycles. The van der Waals surface area contributed by atoms with Crippen molar-refractivity contribution >= 4 is 46.2 Å². The first-order valence-corrected chi connectivity index (χ1v) is 9.11. The van der Waals surface area contributed by atoms with Gasteiger partial charge in [-0.2, -0.15) is 5.01 Å². The molecule has 0 spiro atoms. The molecule has 0 saturated carbocycles. The Bertz CT molecular complexity index is 926. The van der Waals surface area contributed by atoms with Crippen LogP contribution in [0.4, 0.5) is 0 Å². The quantitative estimate of drug-likeness (QED) is 0.614. The van der Waals surface area contributed by atoms with Gasteiger partial charge in [0, 0.05) is 5.56 Å². The number of carbonyl (C=O) groups excluding carboxylic acids is 2. The summed E-state index contributed by atoms with van der Waals surface area (Å²) in [5.74, 6) is 0.511. The van der Waals surface area contributed by atoms with Gasteiger partial charge in [-0.25, -0.2) is 0 Å². The van der Waals surface area contributed by atoms with Gasteiger partial charge >= 0.3 is 0 Å². The van der Waals surface area contributed by atoms with Crippen LogP contribution in [-0.2, 0) is 4.79 Å². The van der Waals surface area contributed by atoms with Crippen LogP contribution < -0.4 is 14.9 Å². The average Bonchev–Trinajstić information content (AvgIpc) is 2.95. The standard InChI is InChI=1S/C19H16N2O4S2/c1-24-14-8-6-13(7-9-14)17(22)20-21-18(23)16(27-19(21)26)11-12-4-3-5-15(10-12)25-2/h3-11H,1-2H3,(H,20,22)/b16-11+. The minimum absolute atomic E-state index is 0.260. The van der Waals surface area contributed by atoms with Crippen LogP contribution in [0.15, 0.2) is 53.4 Å². The molecule has 27 heavy (non-hydrogen) atoms. The number of thiocarbonyl (C=S) groups is 1. The minimum Gasteiger partial charge on any atom is -0.497 e. The average molecular weight is 400 g/mol. The Morgan fingerprint density at radius 2 is 1.81 bits per heavy atom. The summed E-state index contributed by atoms with van der Waals surface area (Å²) in [5.41, 5.74) is 3.74. The SMILES string of the molecule is COc1ccc(C(=O)NN2C(=O)/C(=C\c3cccc(OC)c3)SC2=S)cc1. The zero-order valence-corrected chi connectivity index (χ0v) is 16.2. The molecule has 0 atom stereocenters. The van der Waals surface area contributed by atoms with Crippen LogP contribution in [0.5, 0.6) is 11.5 Å². The summed E-state index contributed by atoms with van der Waals surface area (Å²) in [6.07, 6.45) is 1.71. The topological polar surface area (TPSA) is 67.9 Å². The van der Waals surface area contributed by atoms with Gasteiger partial charge in [0.05, 0.1) is 19.1 Å². The molecule has 3 rings (SSSR count). The second-order valence-corrected chi connectivity index (χ2v) is 7.14. The van der Waals surface area contributed by atoms with Crippen LogP contribution >= 0.6 is 24.0 Å². The largest absolute Gasteiger partial charge is 0.497 e. The minimum atomic E-state index is -0.434. The summed E-state index contributed by atoms with van der Waals surface area (Å²) in [7, 11) is 3.12. The van der Waals surface area contributed by atoms with E-state index < -0.39 is 5.91 Å². The first-order chi connectivity index (χ1) is 13.0. The fraction of sp³-hybridized carbons (Fsp3) is 0.105. The number of hydrogen-bond donors (Lipinski definition) is 1. The maximum absolute atomic E-state index is 12.6. The Hall–Kier alpha value is -2.84. The lowest BCUT2D eigenvalue weighted by atomic mass is 10.2. The van der Waals surface area contributed by atoms with Crippen LogP contribution in [-0.4, -0.2) is 35.4 Å². The third kappa shape index (κ3) is 4.29. The van der Waals surface area contributed by atoms with E-state index in [9.17, 15) is 9.59 Å². The summed E-state index contributed by atoms with van der Waals surface area (Å²) in [4.78, 5) is 25.4. The van der Waals surface area contributed by atoms with E-state index in [1.54, 1.807) is 44.6 Å². The summed E-state index contributed by atoms with van der Waals surface area (Å²) in [6, 6.07) is 13.9. The molecular weight excluding hydrogens is 384 g/mol. The van der Waals surface area contributed by atoms with Gasteiger partial charge in [0.15, 0.2) is 4.32 Å². The number of carbonyl (C=O) groups is 2. The normalized spacial score (nSPS) is 15.2. The van der Waals surface area contributed by atoms with Crippen molar-refractivity contribution in [3.05, 3.63) is 64.6 Å². The van der Waals surface area contributed by atoms with Crippen LogP contribution in [0, 0.1) is 0 Å². The van der Waals surface area contributed by atoms with E-state index in [2.05, 4.69) is 5.43 Å². The molecule has 2 aromatic rings. The fourth-order valence-corrected chi connectivity index (χ4v) is 3.53. The van der Waals surface area contributed by atoms with Crippen LogP contribution in [0.3, 0.4) is 0 Å². The highest BCUT2D eigenvalue weighted by Gasteiger charge is 2.33. The van der Waals surface area contributed by atoms with Crippen molar-refractivity contribution in [1.82, 2.24) is 10.4 Å². The highest BCUT2D eigenvalue weighted by Crippen LogP contribution is 2.32. The summed E-state index contributed by atoms with van der Waals surface area (Å²) >= 11 is 6.36. The molecule has 1 N–H and O–H groups in total. The van der Waals surface area contributed by atoms with Crippen LogP contribution in [0.2, 0.25) is 0 Å². The van der Waals surface area contributed by atoms with Gasteiger partial charge in [-0.15, -0.1) is 0 Å². The fourth-order valence-electron chi connectivity index (χ4n) is 2.36. The van der Waals surface area contributed by atoms with E-state index in [0.717, 1.165) is 22.3 Å². The summed E-state index contributed by atoms with van der Waals surface area (Å²) < 4.78 is 10.5. The number of amides is 2. The Balaban J connectivity index is 1.75. The Morgan fingerprint density at radius 1 is 1.11 bits per heavy atom. The van der Waals surface area contributed by atoms with Crippen LogP contribution in [0.1, 0.15) is 15.9 Å². The van der Waals surface area contributed by atoms with E-state index in [1.165, 1.54) is 0 Å². The molecule has 6 nitrogen and oxygen atoms in total. The molecular formula is C19H16N2O4S2. The third-order valence-electron chi connectivity index (χ3n) is 3.75. The van der Waals surface area contributed by atoms with E-state index >= 15 is 0 Å². The number of hydrogen-bond acceptors (Lipinski definition) is 6. The molecule has 0 bridgehead atoms. The molecule has 0 aliphatic carbocycles. The molecule has 0 radical (unpaired) electrons. The number of nitrogens with one attached hydrogen (secondary N) is 1. The van der Waals surface area contributed by atoms with Crippen molar-refractivity contribution in [3.8, 4) is 11.5 Å². The molecule has 2 aromatic carbocycles. The lowest BCUT2D eigenvalue weighted by Gasteiger charge is -2.15. The number of benzene rings is 2. The Labute approximate surface area is 166 Å². The molecule has 2 amide bonds. The van der Waals surface area contributed by atoms with E-state index in [4.69, 9.17) is 21.7 Å². The van der Waals surface area contributed by atoms with Gasteiger partial charge in [0.1, 0.15) is 11.5 Å². The predicted molar refractivity (Wildman–Crippen MR) is 108 cm³/mol. The van der Waals surface area contributed by atoms with E-state index in [-0.39, 0.29) is 10.2 Å². The van der Waals surface area contributed by atoms with Gasteiger partial charge in [-0.3, -0.25) is 15.0 Å². The highest BCUT2D eigenvalue weighted by molar-refractivity contribution is 8.26. The van der Waals surface area contributed by atoms with Gasteiger partial charge in [0.2, 0.25) is 0 Å². The maximum Gasteiger partial charge on any atom is 0.285 e. The maximum atomic E-state index is 12.6. The number of hydrazine groups is 1. The van der Waals surface area contributed by atoms with Crippen molar-refractivity contribution < 1.29 is 19.1 Å². The lowest BCUT2D eigenvalue weighted by molar-refractivity contribution is -0.123. The number of rotatable bonds is 5. The van der Waals surface area contributed by atoms with Crippen molar-refractivity contribution in [2.24, 2.45) is 0 Å². The second-order valence-electron chi connectivity index (χ2n) is 5.46. The predicted octanol–water partition coefficient (Wildman–Crippen LogP) is 3.25. The zero-order valence-electron chi connectivity index (χ0n) is 14.6. The molecule has 0 unspecified atom stereocenters. The molecule has 138 valence electrons. The van der Waals surface area contributed by atoms with Crippen LogP contribution in [0.25, 0.3) is 6.08 Å². The summed E-state index contributed by atoms with van der Waals surface area (Å²) in [6.45, 7) is 0. The van der Waals surface area contributed by atoms with Gasteiger partial charge < -0.3 is 9.47 Å². The Morgan fingerprint density at radius 3 is 2.48 bits per heavy atom. The first kappa shape index (κ1) is 18.9. The molecule has 8 heteroatoms. The number of nitrogens with zero attached hydrogens (tertiary/aromatic N) is 1. The Kier molecular flexibility index (Phi) is 5.78. The second kappa shape index (κ2) is 8.24. The van der Waals surface area contributed by atoms with Gasteiger partial charge in [-0.05, 0) is 60.3 Å². The highest BCUT2D eigenvalue weighted by atomic mass is 32.2. The molecule has 0 aromatic heterocycles. The monoisotopic (exact) mass is 400 g/mol. The smallest absolute Gasteiger partial charge is 0.285 e. The molecule has 1 heterocycles. The number of thioether (sulfide) groups is 1. The van der Waals surface area contributed by atoms with E-state index in [1.807, 2.05) is 24.3 Å². The summed E-state index contributed by atoms with van der Waals surface area (Å²) in [5, 5.41) is 1.08. The molecule has 1 fully saturated rings. The third-order valence-corrected chi connectivity index (χ3v) is 5.05. The van der Waals surface area contributed by atoms with Crippen molar-refractivity contribution in [2.45, 2.75) is 0 Å².